The van der Waals surface area contributed by atoms with Crippen molar-refractivity contribution < 1.29 is 13.2 Å². The van der Waals surface area contributed by atoms with Crippen LogP contribution in [-0.2, 0) is 12.6 Å². The molecule has 0 amide bonds. The number of rotatable bonds is 6. The predicted molar refractivity (Wildman–Crippen MR) is 72.0 cm³/mol. The molecule has 1 rings (SSSR count). The van der Waals surface area contributed by atoms with Gasteiger partial charge in [-0.15, -0.1) is 0 Å². The molecule has 1 aromatic carbocycles. The lowest BCUT2D eigenvalue weighted by atomic mass is 9.90. The molecule has 0 aliphatic carbocycles. The molecule has 1 nitrogen and oxygen atoms in total. The number of benzene rings is 1. The van der Waals surface area contributed by atoms with E-state index in [2.05, 4.69) is 19.2 Å². The van der Waals surface area contributed by atoms with Crippen molar-refractivity contribution in [1.29, 1.82) is 0 Å². The highest BCUT2D eigenvalue weighted by Gasteiger charge is 2.29. The highest BCUT2D eigenvalue weighted by Crippen LogP contribution is 2.29. The van der Waals surface area contributed by atoms with Gasteiger partial charge in [0, 0.05) is 0 Å². The highest BCUT2D eigenvalue weighted by molar-refractivity contribution is 5.24. The molecule has 4 heteroatoms. The Morgan fingerprint density at radius 3 is 2.11 bits per heavy atom. The van der Waals surface area contributed by atoms with Gasteiger partial charge in [-0.1, -0.05) is 26.0 Å². The van der Waals surface area contributed by atoms with E-state index in [0.29, 0.717) is 11.8 Å². The van der Waals surface area contributed by atoms with Crippen LogP contribution in [0.1, 0.15) is 31.4 Å². The molecule has 1 aromatic rings. The quantitative estimate of drug-likeness (QED) is 0.821. The van der Waals surface area contributed by atoms with E-state index in [4.69, 9.17) is 0 Å². The summed E-state index contributed by atoms with van der Waals surface area (Å²) in [5.74, 6) is 1.05. The van der Waals surface area contributed by atoms with Crippen molar-refractivity contribution in [1.82, 2.24) is 5.32 Å². The monoisotopic (exact) mass is 273 g/mol. The van der Waals surface area contributed by atoms with E-state index in [1.54, 1.807) is 12.1 Å². The Morgan fingerprint density at radius 1 is 1.11 bits per heavy atom. The van der Waals surface area contributed by atoms with Crippen molar-refractivity contribution in [2.24, 2.45) is 11.8 Å². The van der Waals surface area contributed by atoms with Crippen molar-refractivity contribution in [2.45, 2.75) is 32.9 Å². The maximum absolute atomic E-state index is 12.5. The summed E-state index contributed by atoms with van der Waals surface area (Å²) in [5.41, 5.74) is 0.388. The summed E-state index contributed by atoms with van der Waals surface area (Å²) >= 11 is 0. The average Bonchev–Trinajstić information content (AvgIpc) is 2.28. The molecule has 108 valence electrons. The Balaban J connectivity index is 2.69. The summed E-state index contributed by atoms with van der Waals surface area (Å²) in [4.78, 5) is 0. The second kappa shape index (κ2) is 6.94. The largest absolute Gasteiger partial charge is 0.416 e. The fourth-order valence-electron chi connectivity index (χ4n) is 2.36. The van der Waals surface area contributed by atoms with Gasteiger partial charge < -0.3 is 5.32 Å². The number of alkyl halides is 3. The van der Waals surface area contributed by atoms with Crippen molar-refractivity contribution in [3.63, 3.8) is 0 Å². The molecule has 0 bridgehead atoms. The van der Waals surface area contributed by atoms with Crippen LogP contribution >= 0.6 is 0 Å². The van der Waals surface area contributed by atoms with Gasteiger partial charge in [0.1, 0.15) is 0 Å². The summed E-state index contributed by atoms with van der Waals surface area (Å²) in [5, 5.41) is 3.15. The molecule has 1 atom stereocenters. The lowest BCUT2D eigenvalue weighted by Crippen LogP contribution is -2.22. The van der Waals surface area contributed by atoms with E-state index in [1.807, 2.05) is 7.05 Å². The minimum absolute atomic E-state index is 0.460. The molecule has 0 fully saturated rings. The minimum Gasteiger partial charge on any atom is -0.319 e. The molecule has 0 heterocycles. The zero-order valence-electron chi connectivity index (χ0n) is 11.7. The number of hydrogen-bond acceptors (Lipinski definition) is 1. The van der Waals surface area contributed by atoms with Crippen LogP contribution in [0.5, 0.6) is 0 Å². The fraction of sp³-hybridized carbons (Fsp3) is 0.600. The van der Waals surface area contributed by atoms with Crippen LogP contribution in [0, 0.1) is 11.8 Å². The molecule has 0 spiro atoms. The van der Waals surface area contributed by atoms with Gasteiger partial charge in [-0.25, -0.2) is 0 Å². The Morgan fingerprint density at radius 2 is 1.68 bits per heavy atom. The Labute approximate surface area is 113 Å². The molecular formula is C15H22F3N. The summed E-state index contributed by atoms with van der Waals surface area (Å²) in [7, 11) is 1.90. The molecule has 0 aromatic heterocycles. The lowest BCUT2D eigenvalue weighted by Gasteiger charge is -2.19. The Kier molecular flexibility index (Phi) is 5.85. The van der Waals surface area contributed by atoms with Crippen LogP contribution < -0.4 is 5.32 Å². The third kappa shape index (κ3) is 5.64. The molecule has 0 aliphatic rings. The Hall–Kier alpha value is -1.03. The fourth-order valence-corrected chi connectivity index (χ4v) is 2.36. The van der Waals surface area contributed by atoms with Crippen LogP contribution in [0.25, 0.3) is 0 Å². The van der Waals surface area contributed by atoms with Gasteiger partial charge in [-0.2, -0.15) is 13.2 Å². The predicted octanol–water partition coefficient (Wildman–Crippen LogP) is 4.13. The SMILES string of the molecule is CNCC(Cc1ccc(C(F)(F)F)cc1)CC(C)C. The molecule has 19 heavy (non-hydrogen) atoms. The smallest absolute Gasteiger partial charge is 0.319 e. The average molecular weight is 273 g/mol. The second-order valence-electron chi connectivity index (χ2n) is 5.45. The molecule has 1 N–H and O–H groups in total. The van der Waals surface area contributed by atoms with Gasteiger partial charge in [0.25, 0.3) is 0 Å². The van der Waals surface area contributed by atoms with E-state index in [0.717, 1.165) is 24.9 Å². The highest BCUT2D eigenvalue weighted by atomic mass is 19.4. The summed E-state index contributed by atoms with van der Waals surface area (Å²) in [6.07, 6.45) is -2.36. The first-order valence-electron chi connectivity index (χ1n) is 6.63. The van der Waals surface area contributed by atoms with Crippen LogP contribution in [0.15, 0.2) is 24.3 Å². The van der Waals surface area contributed by atoms with Gasteiger partial charge in [0.2, 0.25) is 0 Å². The first kappa shape index (κ1) is 16.0. The first-order valence-corrected chi connectivity index (χ1v) is 6.63. The van der Waals surface area contributed by atoms with E-state index in [1.165, 1.54) is 12.1 Å². The standard InChI is InChI=1S/C15H22F3N/c1-11(2)8-13(10-19-3)9-12-4-6-14(7-5-12)15(16,17)18/h4-7,11,13,19H,8-10H2,1-3H3. The van der Waals surface area contributed by atoms with Crippen LogP contribution in [0.4, 0.5) is 13.2 Å². The number of hydrogen-bond donors (Lipinski definition) is 1. The third-order valence-electron chi connectivity index (χ3n) is 3.10. The second-order valence-corrected chi connectivity index (χ2v) is 5.45. The molecule has 0 saturated carbocycles. The van der Waals surface area contributed by atoms with E-state index in [9.17, 15) is 13.2 Å². The first-order chi connectivity index (χ1) is 8.82. The molecule has 0 saturated heterocycles. The molecule has 0 radical (unpaired) electrons. The maximum Gasteiger partial charge on any atom is 0.416 e. The van der Waals surface area contributed by atoms with Crippen LogP contribution in [-0.4, -0.2) is 13.6 Å². The lowest BCUT2D eigenvalue weighted by molar-refractivity contribution is -0.137. The van der Waals surface area contributed by atoms with E-state index >= 15 is 0 Å². The summed E-state index contributed by atoms with van der Waals surface area (Å²) in [6, 6.07) is 5.51. The van der Waals surface area contributed by atoms with Crippen molar-refractivity contribution in [3.05, 3.63) is 35.4 Å². The zero-order chi connectivity index (χ0) is 14.5. The maximum atomic E-state index is 12.5. The van der Waals surface area contributed by atoms with Crippen molar-refractivity contribution in [3.8, 4) is 0 Å². The Bertz CT molecular complexity index is 368. The van der Waals surface area contributed by atoms with Gasteiger partial charge in [-0.3, -0.25) is 0 Å². The van der Waals surface area contributed by atoms with Gasteiger partial charge in [0.05, 0.1) is 5.56 Å². The van der Waals surface area contributed by atoms with Gasteiger partial charge >= 0.3 is 6.18 Å². The van der Waals surface area contributed by atoms with Crippen LogP contribution in [0.3, 0.4) is 0 Å². The number of halogens is 3. The minimum atomic E-state index is -4.25. The molecule has 1 unspecified atom stereocenters. The zero-order valence-corrected chi connectivity index (χ0v) is 11.7. The van der Waals surface area contributed by atoms with Crippen molar-refractivity contribution >= 4 is 0 Å². The van der Waals surface area contributed by atoms with Gasteiger partial charge in [-0.05, 0) is 56.0 Å². The van der Waals surface area contributed by atoms with Crippen LogP contribution in [0.2, 0.25) is 0 Å². The normalized spacial score (nSPS) is 13.8. The van der Waals surface area contributed by atoms with Crippen molar-refractivity contribution in [2.75, 3.05) is 13.6 Å². The van der Waals surface area contributed by atoms with Gasteiger partial charge in [0.15, 0.2) is 0 Å². The number of nitrogens with one attached hydrogen (secondary N) is 1. The molecule has 0 aliphatic heterocycles. The topological polar surface area (TPSA) is 12.0 Å². The summed E-state index contributed by atoms with van der Waals surface area (Å²) in [6.45, 7) is 5.21. The summed E-state index contributed by atoms with van der Waals surface area (Å²) < 4.78 is 37.4. The van der Waals surface area contributed by atoms with E-state index < -0.39 is 11.7 Å². The van der Waals surface area contributed by atoms with E-state index in [-0.39, 0.29) is 0 Å². The molecular weight excluding hydrogens is 251 g/mol. The third-order valence-corrected chi connectivity index (χ3v) is 3.10.